The summed E-state index contributed by atoms with van der Waals surface area (Å²) in [6.45, 7) is -0.230. The van der Waals surface area contributed by atoms with Gasteiger partial charge in [0.1, 0.15) is 4.90 Å². The summed E-state index contributed by atoms with van der Waals surface area (Å²) in [5, 5.41) is 2.64. The summed E-state index contributed by atoms with van der Waals surface area (Å²) in [6, 6.07) is 16.8. The highest BCUT2D eigenvalue weighted by Crippen LogP contribution is 2.30. The predicted octanol–water partition coefficient (Wildman–Crippen LogP) is 6.23. The molecule has 0 bridgehead atoms. The number of carbonyl (C=O) groups excluding carboxylic acids is 1. The van der Waals surface area contributed by atoms with Crippen molar-refractivity contribution in [3.8, 4) is 0 Å². The lowest BCUT2D eigenvalue weighted by molar-refractivity contribution is -0.137. The molecule has 1 N–H and O–H groups in total. The zero-order valence-electron chi connectivity index (χ0n) is 17.5. The summed E-state index contributed by atoms with van der Waals surface area (Å²) >= 11 is 12.1. The van der Waals surface area contributed by atoms with Crippen molar-refractivity contribution in [3.63, 3.8) is 0 Å². The zero-order valence-corrected chi connectivity index (χ0v) is 19.8. The average Bonchev–Trinajstić information content (AvgIpc) is 2.78. The Labute approximate surface area is 205 Å². The third-order valence-corrected chi connectivity index (χ3v) is 7.36. The number of rotatable bonds is 8. The minimum atomic E-state index is -4.49. The lowest BCUT2D eigenvalue weighted by atomic mass is 10.2. The number of benzene rings is 3. The number of anilines is 1. The van der Waals surface area contributed by atoms with Crippen LogP contribution in [0, 0.1) is 0 Å². The minimum absolute atomic E-state index is 0.0170. The van der Waals surface area contributed by atoms with Crippen LogP contribution in [0.1, 0.15) is 17.5 Å². The number of nitrogens with one attached hydrogen (secondary N) is 1. The quantitative estimate of drug-likeness (QED) is 0.375. The van der Waals surface area contributed by atoms with E-state index in [2.05, 4.69) is 5.32 Å². The summed E-state index contributed by atoms with van der Waals surface area (Å²) in [4.78, 5) is 12.2. The molecule has 3 aromatic carbocycles. The van der Waals surface area contributed by atoms with Gasteiger partial charge in [0.25, 0.3) is 0 Å². The van der Waals surface area contributed by atoms with Gasteiger partial charge < -0.3 is 5.32 Å². The van der Waals surface area contributed by atoms with Crippen LogP contribution in [0.25, 0.3) is 0 Å². The Morgan fingerprint density at radius 1 is 0.941 bits per heavy atom. The van der Waals surface area contributed by atoms with E-state index in [4.69, 9.17) is 23.2 Å². The first-order chi connectivity index (χ1) is 16.0. The molecule has 0 spiro atoms. The lowest BCUT2D eigenvalue weighted by Gasteiger charge is -2.23. The van der Waals surface area contributed by atoms with E-state index in [0.717, 1.165) is 28.6 Å². The SMILES string of the molecule is O=C(CCN(Cc1ccccc1)S(=O)(=O)c1cc(Cl)ccc1Cl)Nc1ccc(C(F)(F)F)cc1. The molecule has 0 radical (unpaired) electrons. The number of alkyl halides is 3. The van der Waals surface area contributed by atoms with Gasteiger partial charge in [0, 0.05) is 30.2 Å². The average molecular weight is 531 g/mol. The summed E-state index contributed by atoms with van der Waals surface area (Å²) in [7, 11) is -4.13. The first-order valence-electron chi connectivity index (χ1n) is 9.93. The highest BCUT2D eigenvalue weighted by Gasteiger charge is 2.30. The third kappa shape index (κ3) is 6.73. The fourth-order valence-electron chi connectivity index (χ4n) is 3.08. The van der Waals surface area contributed by atoms with E-state index < -0.39 is 27.7 Å². The van der Waals surface area contributed by atoms with Gasteiger partial charge in [-0.15, -0.1) is 0 Å². The number of nitrogens with zero attached hydrogens (tertiary/aromatic N) is 1. The number of amides is 1. The maximum atomic E-state index is 13.4. The largest absolute Gasteiger partial charge is 0.416 e. The fraction of sp³-hybridized carbons (Fsp3) is 0.174. The van der Waals surface area contributed by atoms with E-state index in [9.17, 15) is 26.4 Å². The van der Waals surface area contributed by atoms with Crippen LogP contribution in [-0.2, 0) is 27.5 Å². The lowest BCUT2D eigenvalue weighted by Crippen LogP contribution is -2.33. The third-order valence-electron chi connectivity index (χ3n) is 4.80. The van der Waals surface area contributed by atoms with E-state index >= 15 is 0 Å². The van der Waals surface area contributed by atoms with Crippen molar-refractivity contribution in [1.29, 1.82) is 0 Å². The summed E-state index contributed by atoms with van der Waals surface area (Å²) in [5.74, 6) is -0.565. The molecule has 34 heavy (non-hydrogen) atoms. The van der Waals surface area contributed by atoms with Crippen molar-refractivity contribution in [2.75, 3.05) is 11.9 Å². The van der Waals surface area contributed by atoms with Crippen molar-refractivity contribution < 1.29 is 26.4 Å². The monoisotopic (exact) mass is 530 g/mol. The van der Waals surface area contributed by atoms with Crippen LogP contribution in [0.15, 0.2) is 77.7 Å². The van der Waals surface area contributed by atoms with Crippen LogP contribution in [0.4, 0.5) is 18.9 Å². The Morgan fingerprint density at radius 3 is 2.21 bits per heavy atom. The molecule has 0 atom stereocenters. The Kier molecular flexibility index (Phi) is 8.25. The van der Waals surface area contributed by atoms with Crippen molar-refractivity contribution >= 4 is 44.8 Å². The molecule has 0 aliphatic rings. The van der Waals surface area contributed by atoms with Crippen LogP contribution in [0.3, 0.4) is 0 Å². The molecule has 0 aromatic heterocycles. The molecule has 0 unspecified atom stereocenters. The van der Waals surface area contributed by atoms with E-state index in [1.54, 1.807) is 30.3 Å². The van der Waals surface area contributed by atoms with E-state index in [1.807, 2.05) is 0 Å². The number of hydrogen-bond acceptors (Lipinski definition) is 3. The van der Waals surface area contributed by atoms with Gasteiger partial charge in [-0.05, 0) is 48.0 Å². The summed E-state index contributed by atoms with van der Waals surface area (Å²) < 4.78 is 65.9. The van der Waals surface area contributed by atoms with Gasteiger partial charge in [-0.3, -0.25) is 4.79 Å². The smallest absolute Gasteiger partial charge is 0.326 e. The van der Waals surface area contributed by atoms with Crippen LogP contribution < -0.4 is 5.32 Å². The summed E-state index contributed by atoms with van der Waals surface area (Å²) in [5.41, 5.74) is 0.00440. The van der Waals surface area contributed by atoms with Crippen LogP contribution in [-0.4, -0.2) is 25.2 Å². The molecule has 180 valence electrons. The molecule has 0 heterocycles. The number of hydrogen-bond donors (Lipinski definition) is 1. The predicted molar refractivity (Wildman–Crippen MR) is 125 cm³/mol. The van der Waals surface area contributed by atoms with Gasteiger partial charge in [0.15, 0.2) is 0 Å². The molecule has 11 heteroatoms. The number of sulfonamides is 1. The standard InChI is InChI=1S/C23H19Cl2F3N2O3S/c24-18-8-11-20(25)21(14-18)34(32,33)30(15-16-4-2-1-3-5-16)13-12-22(31)29-19-9-6-17(7-10-19)23(26,27)28/h1-11,14H,12-13,15H2,(H,29,31). The van der Waals surface area contributed by atoms with Crippen LogP contribution >= 0.6 is 23.2 Å². The summed E-state index contributed by atoms with van der Waals surface area (Å²) in [6.07, 6.45) is -4.73. The Morgan fingerprint density at radius 2 is 1.59 bits per heavy atom. The molecule has 0 fully saturated rings. The molecular formula is C23H19Cl2F3N2O3S. The van der Waals surface area contributed by atoms with Crippen molar-refractivity contribution in [1.82, 2.24) is 4.31 Å². The maximum Gasteiger partial charge on any atom is 0.416 e. The van der Waals surface area contributed by atoms with Gasteiger partial charge in [0.05, 0.1) is 10.6 Å². The van der Waals surface area contributed by atoms with Crippen molar-refractivity contribution in [2.24, 2.45) is 0 Å². The van der Waals surface area contributed by atoms with Crippen molar-refractivity contribution in [3.05, 3.63) is 94.0 Å². The van der Waals surface area contributed by atoms with Gasteiger partial charge >= 0.3 is 6.18 Å². The zero-order chi connectivity index (χ0) is 24.9. The molecule has 1 amide bonds. The molecule has 0 saturated heterocycles. The highest BCUT2D eigenvalue weighted by atomic mass is 35.5. The Bertz CT molecular complexity index is 1250. The van der Waals surface area contributed by atoms with Crippen LogP contribution in [0.2, 0.25) is 10.0 Å². The highest BCUT2D eigenvalue weighted by molar-refractivity contribution is 7.89. The van der Waals surface area contributed by atoms with Gasteiger partial charge in [-0.25, -0.2) is 8.42 Å². The topological polar surface area (TPSA) is 66.5 Å². The number of carbonyl (C=O) groups is 1. The van der Waals surface area contributed by atoms with Crippen LogP contribution in [0.5, 0.6) is 0 Å². The Hall–Kier alpha value is -2.59. The second kappa shape index (κ2) is 10.8. The molecule has 5 nitrogen and oxygen atoms in total. The molecule has 3 aromatic rings. The molecule has 0 aliphatic heterocycles. The van der Waals surface area contributed by atoms with E-state index in [0.29, 0.717) is 5.56 Å². The molecule has 0 saturated carbocycles. The fourth-order valence-corrected chi connectivity index (χ4v) is 5.24. The van der Waals surface area contributed by atoms with E-state index in [-0.39, 0.29) is 40.1 Å². The first kappa shape index (κ1) is 26.0. The second-order valence-electron chi connectivity index (χ2n) is 7.27. The Balaban J connectivity index is 1.78. The normalized spacial score (nSPS) is 12.1. The molecule has 3 rings (SSSR count). The minimum Gasteiger partial charge on any atom is -0.326 e. The number of halogens is 5. The molecule has 0 aliphatic carbocycles. The van der Waals surface area contributed by atoms with Crippen molar-refractivity contribution in [2.45, 2.75) is 24.0 Å². The van der Waals surface area contributed by atoms with Gasteiger partial charge in [-0.2, -0.15) is 17.5 Å². The first-order valence-corrected chi connectivity index (χ1v) is 12.1. The van der Waals surface area contributed by atoms with Gasteiger partial charge in [-0.1, -0.05) is 53.5 Å². The second-order valence-corrected chi connectivity index (χ2v) is 10.0. The van der Waals surface area contributed by atoms with E-state index in [1.165, 1.54) is 18.2 Å². The molecular weight excluding hydrogens is 512 g/mol. The van der Waals surface area contributed by atoms with Gasteiger partial charge in [0.2, 0.25) is 15.9 Å². The maximum absolute atomic E-state index is 13.4.